The molecule has 0 unspecified atom stereocenters. The number of pyridine rings is 1. The summed E-state index contributed by atoms with van der Waals surface area (Å²) in [5, 5.41) is 4.11. The van der Waals surface area contributed by atoms with Crippen molar-refractivity contribution in [3.05, 3.63) is 108 Å². The van der Waals surface area contributed by atoms with Crippen molar-refractivity contribution >= 4 is 32.6 Å². The molecular formula is C34H30F3N2+. The predicted octanol–water partition coefficient (Wildman–Crippen LogP) is 9.05. The number of hydrogen-bond acceptors (Lipinski definition) is 0. The zero-order valence-electron chi connectivity index (χ0n) is 22.7. The van der Waals surface area contributed by atoms with E-state index < -0.39 is 11.7 Å². The number of aromatic nitrogens is 2. The highest BCUT2D eigenvalue weighted by Gasteiger charge is 2.33. The van der Waals surface area contributed by atoms with Gasteiger partial charge in [-0.05, 0) is 64.6 Å². The van der Waals surface area contributed by atoms with E-state index in [9.17, 15) is 13.2 Å². The Morgan fingerprint density at radius 3 is 2.05 bits per heavy atom. The summed E-state index contributed by atoms with van der Waals surface area (Å²) in [4.78, 5) is 0. The molecule has 0 saturated carbocycles. The summed E-state index contributed by atoms with van der Waals surface area (Å²) in [6.45, 7) is 8.79. The van der Waals surface area contributed by atoms with E-state index in [1.54, 1.807) is 6.07 Å². The molecule has 0 saturated heterocycles. The molecule has 0 amide bonds. The number of alkyl halides is 3. The third-order valence-corrected chi connectivity index (χ3v) is 7.77. The van der Waals surface area contributed by atoms with Crippen LogP contribution in [0, 0.1) is 6.92 Å². The highest BCUT2D eigenvalue weighted by molar-refractivity contribution is 6.13. The molecule has 6 rings (SSSR count). The Morgan fingerprint density at radius 2 is 1.38 bits per heavy atom. The standard InChI is InChI=1S/C34H30F3N2/c1-21-24-13-9-10-14-25(24)29(33(2,3)4)20-28(21)31-32-27(17-18-38(31)5)26-16-15-22(34(35,36)37)19-30(26)39(32)23-11-7-6-8-12-23/h6-20H,1-5H3/q+1. The molecule has 39 heavy (non-hydrogen) atoms. The molecule has 2 nitrogen and oxygen atoms in total. The van der Waals surface area contributed by atoms with Gasteiger partial charge >= 0.3 is 6.18 Å². The first-order chi connectivity index (χ1) is 18.5. The SMILES string of the molecule is Cc1c(-c2c3c(cc[n+]2C)c2ccc(C(F)(F)F)cc2n3-c2ccccc2)cc(C(C)(C)C)c2ccccc12. The predicted molar refractivity (Wildman–Crippen MR) is 153 cm³/mol. The Hall–Kier alpha value is -4.12. The molecule has 0 atom stereocenters. The van der Waals surface area contributed by atoms with Crippen molar-refractivity contribution in [2.45, 2.75) is 39.3 Å². The van der Waals surface area contributed by atoms with Crippen LogP contribution in [0.2, 0.25) is 0 Å². The zero-order valence-corrected chi connectivity index (χ0v) is 22.7. The summed E-state index contributed by atoms with van der Waals surface area (Å²) in [6.07, 6.45) is -2.42. The van der Waals surface area contributed by atoms with Crippen molar-refractivity contribution in [2.75, 3.05) is 0 Å². The minimum Gasteiger partial charge on any atom is -0.303 e. The molecule has 0 radical (unpaired) electrons. The zero-order chi connectivity index (χ0) is 27.7. The van der Waals surface area contributed by atoms with E-state index in [4.69, 9.17) is 0 Å². The lowest BCUT2D eigenvalue weighted by atomic mass is 9.80. The second-order valence-electron chi connectivity index (χ2n) is 11.3. The largest absolute Gasteiger partial charge is 0.416 e. The van der Waals surface area contributed by atoms with Crippen molar-refractivity contribution in [1.29, 1.82) is 0 Å². The molecule has 0 spiro atoms. The normalized spacial score (nSPS) is 12.6. The van der Waals surface area contributed by atoms with Gasteiger partial charge in [0.2, 0.25) is 5.69 Å². The average molecular weight is 524 g/mol. The van der Waals surface area contributed by atoms with Crippen LogP contribution in [0.15, 0.2) is 91.1 Å². The number of halogens is 3. The average Bonchev–Trinajstić information content (AvgIpc) is 3.22. The molecule has 0 bridgehead atoms. The maximum Gasteiger partial charge on any atom is 0.416 e. The first-order valence-corrected chi connectivity index (χ1v) is 13.1. The molecule has 5 heteroatoms. The van der Waals surface area contributed by atoms with Gasteiger partial charge in [0.25, 0.3) is 0 Å². The second-order valence-corrected chi connectivity index (χ2v) is 11.3. The van der Waals surface area contributed by atoms with Gasteiger partial charge < -0.3 is 4.57 Å². The Kier molecular flexibility index (Phi) is 5.62. The van der Waals surface area contributed by atoms with E-state index in [0.29, 0.717) is 5.52 Å². The van der Waals surface area contributed by atoms with Crippen molar-refractivity contribution in [2.24, 2.45) is 7.05 Å². The van der Waals surface area contributed by atoms with E-state index in [0.717, 1.165) is 38.8 Å². The van der Waals surface area contributed by atoms with Gasteiger partial charge in [-0.3, -0.25) is 0 Å². The maximum atomic E-state index is 13.9. The molecule has 4 aromatic carbocycles. The summed E-state index contributed by atoms with van der Waals surface area (Å²) < 4.78 is 45.7. The minimum absolute atomic E-state index is 0.109. The van der Waals surface area contributed by atoms with Gasteiger partial charge in [-0.2, -0.15) is 17.7 Å². The molecule has 6 aromatic rings. The van der Waals surface area contributed by atoms with E-state index in [1.165, 1.54) is 28.5 Å². The highest BCUT2D eigenvalue weighted by Crippen LogP contribution is 2.42. The fraction of sp³-hybridized carbons (Fsp3) is 0.206. The van der Waals surface area contributed by atoms with Crippen molar-refractivity contribution < 1.29 is 17.7 Å². The Morgan fingerprint density at radius 1 is 0.718 bits per heavy atom. The van der Waals surface area contributed by atoms with Crippen LogP contribution in [0.1, 0.15) is 37.5 Å². The molecule has 2 aromatic heterocycles. The van der Waals surface area contributed by atoms with Gasteiger partial charge in [-0.1, -0.05) is 69.3 Å². The quantitative estimate of drug-likeness (QED) is 0.200. The van der Waals surface area contributed by atoms with Crippen molar-refractivity contribution in [3.8, 4) is 16.9 Å². The van der Waals surface area contributed by atoms with Crippen LogP contribution in [0.5, 0.6) is 0 Å². The van der Waals surface area contributed by atoms with Crippen molar-refractivity contribution in [3.63, 3.8) is 0 Å². The van der Waals surface area contributed by atoms with Crippen LogP contribution >= 0.6 is 0 Å². The summed E-state index contributed by atoms with van der Waals surface area (Å²) in [5.41, 5.74) is 5.89. The molecular weight excluding hydrogens is 493 g/mol. The summed E-state index contributed by atoms with van der Waals surface area (Å²) in [7, 11) is 2.01. The Labute approximate surface area is 225 Å². The fourth-order valence-corrected chi connectivity index (χ4v) is 5.87. The van der Waals surface area contributed by atoms with E-state index in [2.05, 4.69) is 62.6 Å². The lowest BCUT2D eigenvalue weighted by Gasteiger charge is -2.24. The summed E-state index contributed by atoms with van der Waals surface area (Å²) in [6, 6.07) is 26.5. The third-order valence-electron chi connectivity index (χ3n) is 7.77. The van der Waals surface area contributed by atoms with Crippen LogP contribution in [-0.4, -0.2) is 4.57 Å². The van der Waals surface area contributed by atoms with Crippen LogP contribution in [0.4, 0.5) is 13.2 Å². The van der Waals surface area contributed by atoms with E-state index >= 15 is 0 Å². The van der Waals surface area contributed by atoms with Gasteiger partial charge in [0.1, 0.15) is 12.6 Å². The number of aryl methyl sites for hydroxylation is 2. The molecule has 0 N–H and O–H groups in total. The third kappa shape index (κ3) is 3.99. The van der Waals surface area contributed by atoms with Gasteiger partial charge in [-0.15, -0.1) is 0 Å². The number of nitrogens with zero attached hydrogens (tertiary/aromatic N) is 2. The number of hydrogen-bond donors (Lipinski definition) is 0. The van der Waals surface area contributed by atoms with E-state index in [1.807, 2.05) is 54.2 Å². The number of rotatable bonds is 2. The first-order valence-electron chi connectivity index (χ1n) is 13.1. The smallest absolute Gasteiger partial charge is 0.303 e. The molecule has 196 valence electrons. The number of fused-ring (bicyclic) bond motifs is 4. The second kappa shape index (κ2) is 8.70. The van der Waals surface area contributed by atoms with Gasteiger partial charge in [0.15, 0.2) is 6.20 Å². The molecule has 2 heterocycles. The topological polar surface area (TPSA) is 8.81 Å². The fourth-order valence-electron chi connectivity index (χ4n) is 5.87. The Bertz CT molecular complexity index is 1890. The van der Waals surface area contributed by atoms with Crippen LogP contribution in [-0.2, 0) is 18.6 Å². The van der Waals surface area contributed by atoms with Gasteiger partial charge in [0, 0.05) is 22.5 Å². The lowest BCUT2D eigenvalue weighted by molar-refractivity contribution is -0.659. The molecule has 0 aliphatic carbocycles. The van der Waals surface area contributed by atoms with Gasteiger partial charge in [0.05, 0.1) is 16.6 Å². The van der Waals surface area contributed by atoms with Crippen LogP contribution in [0.3, 0.4) is 0 Å². The maximum absolute atomic E-state index is 13.9. The van der Waals surface area contributed by atoms with Gasteiger partial charge in [-0.25, -0.2) is 0 Å². The Balaban J connectivity index is 1.83. The highest BCUT2D eigenvalue weighted by atomic mass is 19.4. The minimum atomic E-state index is -4.43. The molecule has 0 fully saturated rings. The van der Waals surface area contributed by atoms with Crippen LogP contribution in [0.25, 0.3) is 49.5 Å². The molecule has 0 aliphatic heterocycles. The molecule has 0 aliphatic rings. The van der Waals surface area contributed by atoms with Crippen LogP contribution < -0.4 is 4.57 Å². The summed E-state index contributed by atoms with van der Waals surface area (Å²) >= 11 is 0. The number of benzene rings is 4. The summed E-state index contributed by atoms with van der Waals surface area (Å²) in [5.74, 6) is 0. The monoisotopic (exact) mass is 523 g/mol. The first kappa shape index (κ1) is 25.2. The number of para-hydroxylation sites is 1. The van der Waals surface area contributed by atoms with Crippen molar-refractivity contribution in [1.82, 2.24) is 4.57 Å². The lowest BCUT2D eigenvalue weighted by Crippen LogP contribution is -2.31. The van der Waals surface area contributed by atoms with E-state index in [-0.39, 0.29) is 5.41 Å².